The fourth-order valence-electron chi connectivity index (χ4n) is 3.79. The summed E-state index contributed by atoms with van der Waals surface area (Å²) in [6.07, 6.45) is 7.35. The molecule has 3 heterocycles. The molecule has 0 radical (unpaired) electrons. The molecule has 1 aromatic rings. The molecule has 0 unspecified atom stereocenters. The number of ether oxygens (including phenoxy) is 1. The molecule has 0 saturated carbocycles. The molecule has 7 nitrogen and oxygen atoms in total. The summed E-state index contributed by atoms with van der Waals surface area (Å²) in [5.41, 5.74) is 0.957. The van der Waals surface area contributed by atoms with Gasteiger partial charge in [-0.15, -0.1) is 0 Å². The Morgan fingerprint density at radius 3 is 2.72 bits per heavy atom. The summed E-state index contributed by atoms with van der Waals surface area (Å²) >= 11 is 0. The molecular formula is C18H29N5O2. The van der Waals surface area contributed by atoms with Crippen LogP contribution in [-0.2, 0) is 16.1 Å². The van der Waals surface area contributed by atoms with Crippen LogP contribution >= 0.6 is 0 Å². The van der Waals surface area contributed by atoms with E-state index >= 15 is 0 Å². The minimum absolute atomic E-state index is 0.00276. The molecule has 2 aliphatic rings. The van der Waals surface area contributed by atoms with Crippen LogP contribution in [0.5, 0.6) is 0 Å². The average Bonchev–Trinajstić information content (AvgIpc) is 2.85. The summed E-state index contributed by atoms with van der Waals surface area (Å²) in [6, 6.07) is 0.530. The summed E-state index contributed by atoms with van der Waals surface area (Å²) < 4.78 is 5.51. The van der Waals surface area contributed by atoms with Crippen molar-refractivity contribution in [1.82, 2.24) is 24.7 Å². The first-order valence-electron chi connectivity index (χ1n) is 9.13. The standard InChI is InChI=1S/C18H29N5O2/c1-21(2)18(24)15-12-22(14-16-11-19-5-6-20-16)7-8-23(13-15)17-3-9-25-10-4-17/h5-6,11,15,17H,3-4,7-10,12-14H2,1-2H3/t15-/m1/s1. The maximum atomic E-state index is 12.7. The van der Waals surface area contributed by atoms with Crippen molar-refractivity contribution in [1.29, 1.82) is 0 Å². The van der Waals surface area contributed by atoms with Gasteiger partial charge in [0.25, 0.3) is 0 Å². The van der Waals surface area contributed by atoms with E-state index in [4.69, 9.17) is 4.74 Å². The van der Waals surface area contributed by atoms with Gasteiger partial charge in [0.05, 0.1) is 11.6 Å². The van der Waals surface area contributed by atoms with Crippen molar-refractivity contribution in [2.45, 2.75) is 25.4 Å². The van der Waals surface area contributed by atoms with Crippen LogP contribution in [0.2, 0.25) is 0 Å². The quantitative estimate of drug-likeness (QED) is 0.789. The molecule has 0 spiro atoms. The fraction of sp³-hybridized carbons (Fsp3) is 0.722. The lowest BCUT2D eigenvalue weighted by Crippen LogP contribution is -2.45. The summed E-state index contributed by atoms with van der Waals surface area (Å²) in [6.45, 7) is 5.94. The molecule has 138 valence electrons. The van der Waals surface area contributed by atoms with Crippen LogP contribution in [0.25, 0.3) is 0 Å². The Morgan fingerprint density at radius 1 is 1.24 bits per heavy atom. The molecule has 2 saturated heterocycles. The average molecular weight is 347 g/mol. The highest BCUT2D eigenvalue weighted by atomic mass is 16.5. The smallest absolute Gasteiger partial charge is 0.227 e. The monoisotopic (exact) mass is 347 g/mol. The zero-order valence-corrected chi connectivity index (χ0v) is 15.3. The van der Waals surface area contributed by atoms with Crippen LogP contribution in [0.15, 0.2) is 18.6 Å². The highest BCUT2D eigenvalue weighted by molar-refractivity contribution is 5.78. The number of rotatable bonds is 4. The largest absolute Gasteiger partial charge is 0.381 e. The van der Waals surface area contributed by atoms with Crippen molar-refractivity contribution in [3.8, 4) is 0 Å². The third-order valence-corrected chi connectivity index (χ3v) is 5.14. The number of nitrogens with zero attached hydrogens (tertiary/aromatic N) is 5. The van der Waals surface area contributed by atoms with Gasteiger partial charge >= 0.3 is 0 Å². The summed E-state index contributed by atoms with van der Waals surface area (Å²) in [5.74, 6) is 0.208. The second kappa shape index (κ2) is 8.69. The Hall–Kier alpha value is -1.57. The van der Waals surface area contributed by atoms with Gasteiger partial charge in [-0.2, -0.15) is 0 Å². The second-order valence-corrected chi connectivity index (χ2v) is 7.20. The molecule has 7 heteroatoms. The van der Waals surface area contributed by atoms with Gasteiger partial charge in [0, 0.05) is 84.7 Å². The first-order chi connectivity index (χ1) is 12.1. The first kappa shape index (κ1) is 18.2. The number of carbonyl (C=O) groups excluding carboxylic acids is 1. The van der Waals surface area contributed by atoms with E-state index < -0.39 is 0 Å². The normalized spacial score (nSPS) is 24.0. The molecule has 1 aromatic heterocycles. The highest BCUT2D eigenvalue weighted by Gasteiger charge is 2.32. The van der Waals surface area contributed by atoms with Crippen LogP contribution in [0.1, 0.15) is 18.5 Å². The number of hydrogen-bond acceptors (Lipinski definition) is 6. The lowest BCUT2D eigenvalue weighted by Gasteiger charge is -2.34. The lowest BCUT2D eigenvalue weighted by atomic mass is 10.0. The first-order valence-corrected chi connectivity index (χ1v) is 9.13. The van der Waals surface area contributed by atoms with Gasteiger partial charge in [-0.1, -0.05) is 0 Å². The van der Waals surface area contributed by atoms with Gasteiger partial charge in [-0.25, -0.2) is 0 Å². The second-order valence-electron chi connectivity index (χ2n) is 7.20. The fourth-order valence-corrected chi connectivity index (χ4v) is 3.79. The minimum atomic E-state index is -0.00276. The zero-order chi connectivity index (χ0) is 17.6. The van der Waals surface area contributed by atoms with E-state index in [1.807, 2.05) is 20.3 Å². The van der Waals surface area contributed by atoms with Crippen molar-refractivity contribution < 1.29 is 9.53 Å². The Kier molecular flexibility index (Phi) is 6.34. The Morgan fingerprint density at radius 2 is 2.04 bits per heavy atom. The maximum absolute atomic E-state index is 12.7. The molecule has 1 atom stereocenters. The Balaban J connectivity index is 1.70. The van der Waals surface area contributed by atoms with E-state index in [-0.39, 0.29) is 11.8 Å². The molecule has 0 aromatic carbocycles. The van der Waals surface area contributed by atoms with Crippen LogP contribution < -0.4 is 0 Å². The van der Waals surface area contributed by atoms with E-state index in [0.717, 1.165) is 64.5 Å². The number of amides is 1. The van der Waals surface area contributed by atoms with Gasteiger partial charge in [0.2, 0.25) is 5.91 Å². The van der Waals surface area contributed by atoms with Crippen LogP contribution in [0.3, 0.4) is 0 Å². The van der Waals surface area contributed by atoms with Crippen molar-refractivity contribution in [2.75, 3.05) is 53.5 Å². The summed E-state index contributed by atoms with van der Waals surface area (Å²) in [4.78, 5) is 27.8. The van der Waals surface area contributed by atoms with Crippen molar-refractivity contribution in [3.63, 3.8) is 0 Å². The van der Waals surface area contributed by atoms with Crippen molar-refractivity contribution >= 4 is 5.91 Å². The molecule has 0 bridgehead atoms. The Labute approximate surface area is 150 Å². The third kappa shape index (κ3) is 4.96. The Bertz CT molecular complexity index is 548. The predicted molar refractivity (Wildman–Crippen MR) is 94.9 cm³/mol. The topological polar surface area (TPSA) is 61.8 Å². The van der Waals surface area contributed by atoms with E-state index in [0.29, 0.717) is 6.04 Å². The van der Waals surface area contributed by atoms with Gasteiger partial charge in [0.1, 0.15) is 0 Å². The molecule has 2 aliphatic heterocycles. The van der Waals surface area contributed by atoms with E-state index in [1.165, 1.54) is 0 Å². The van der Waals surface area contributed by atoms with Crippen molar-refractivity contribution in [2.24, 2.45) is 5.92 Å². The van der Waals surface area contributed by atoms with E-state index in [2.05, 4.69) is 19.8 Å². The zero-order valence-electron chi connectivity index (χ0n) is 15.3. The molecule has 25 heavy (non-hydrogen) atoms. The highest BCUT2D eigenvalue weighted by Crippen LogP contribution is 2.20. The third-order valence-electron chi connectivity index (χ3n) is 5.14. The molecule has 0 aliphatic carbocycles. The minimum Gasteiger partial charge on any atom is -0.381 e. The van der Waals surface area contributed by atoms with Gasteiger partial charge < -0.3 is 9.64 Å². The number of carbonyl (C=O) groups is 1. The lowest BCUT2D eigenvalue weighted by molar-refractivity contribution is -0.134. The van der Waals surface area contributed by atoms with Crippen molar-refractivity contribution in [3.05, 3.63) is 24.3 Å². The van der Waals surface area contributed by atoms with Crippen LogP contribution in [0, 0.1) is 5.92 Å². The number of hydrogen-bond donors (Lipinski definition) is 0. The molecule has 1 amide bonds. The summed E-state index contributed by atoms with van der Waals surface area (Å²) in [5, 5.41) is 0. The molecule has 0 N–H and O–H groups in total. The number of aromatic nitrogens is 2. The summed E-state index contributed by atoms with van der Waals surface area (Å²) in [7, 11) is 3.69. The van der Waals surface area contributed by atoms with Gasteiger partial charge in [-0.05, 0) is 12.8 Å². The van der Waals surface area contributed by atoms with Crippen LogP contribution in [-0.4, -0.2) is 90.1 Å². The van der Waals surface area contributed by atoms with Crippen LogP contribution in [0.4, 0.5) is 0 Å². The molecule has 3 rings (SSSR count). The molecule has 2 fully saturated rings. The maximum Gasteiger partial charge on any atom is 0.227 e. The van der Waals surface area contributed by atoms with Gasteiger partial charge in [0.15, 0.2) is 0 Å². The SMILES string of the molecule is CN(C)C(=O)[C@@H]1CN(Cc2cnccn2)CCN(C2CCOCC2)C1. The van der Waals surface area contributed by atoms with Gasteiger partial charge in [-0.3, -0.25) is 24.6 Å². The molecular weight excluding hydrogens is 318 g/mol. The predicted octanol–water partition coefficient (Wildman–Crippen LogP) is 0.478. The van der Waals surface area contributed by atoms with E-state index in [1.54, 1.807) is 17.3 Å². The van der Waals surface area contributed by atoms with E-state index in [9.17, 15) is 4.79 Å².